The molecule has 2 N–H and O–H groups in total. The number of hydrogen-bond acceptors (Lipinski definition) is 5. The number of carbonyl (C=O) groups is 1. The van der Waals surface area contributed by atoms with Crippen molar-refractivity contribution in [3.63, 3.8) is 0 Å². The lowest BCUT2D eigenvalue weighted by molar-refractivity contribution is -0.142. The SMILES string of the molecule is Cc1cnc(CNS(=O)(=O)N2CCC(C(=O)O)CC2)cn1. The quantitative estimate of drug-likeness (QED) is 0.786. The average molecular weight is 314 g/mol. The zero-order valence-electron chi connectivity index (χ0n) is 11.7. The lowest BCUT2D eigenvalue weighted by Gasteiger charge is -2.29. The van der Waals surface area contributed by atoms with E-state index in [1.165, 1.54) is 10.5 Å². The topological polar surface area (TPSA) is 112 Å². The van der Waals surface area contributed by atoms with Crippen LogP contribution in [0, 0.1) is 12.8 Å². The Morgan fingerprint density at radius 2 is 2.05 bits per heavy atom. The van der Waals surface area contributed by atoms with Gasteiger partial charge in [-0.15, -0.1) is 0 Å². The summed E-state index contributed by atoms with van der Waals surface area (Å²) in [5.74, 6) is -1.32. The van der Waals surface area contributed by atoms with Crippen LogP contribution in [0.3, 0.4) is 0 Å². The number of aromatic nitrogens is 2. The van der Waals surface area contributed by atoms with Gasteiger partial charge in [-0.1, -0.05) is 0 Å². The molecule has 1 saturated heterocycles. The summed E-state index contributed by atoms with van der Waals surface area (Å²) < 4.78 is 28.0. The highest BCUT2D eigenvalue weighted by molar-refractivity contribution is 7.87. The fourth-order valence-corrected chi connectivity index (χ4v) is 3.31. The van der Waals surface area contributed by atoms with Gasteiger partial charge in [0.25, 0.3) is 10.2 Å². The first kappa shape index (κ1) is 15.8. The number of hydrogen-bond donors (Lipinski definition) is 2. The van der Waals surface area contributed by atoms with Crippen molar-refractivity contribution in [3.05, 3.63) is 23.8 Å². The fourth-order valence-electron chi connectivity index (χ4n) is 2.11. The second-order valence-electron chi connectivity index (χ2n) is 4.99. The molecule has 21 heavy (non-hydrogen) atoms. The summed E-state index contributed by atoms with van der Waals surface area (Å²) in [7, 11) is -3.62. The van der Waals surface area contributed by atoms with Crippen LogP contribution in [-0.4, -0.2) is 46.9 Å². The molecule has 1 aromatic rings. The molecule has 0 spiro atoms. The minimum Gasteiger partial charge on any atom is -0.481 e. The highest BCUT2D eigenvalue weighted by Crippen LogP contribution is 2.19. The van der Waals surface area contributed by atoms with Gasteiger partial charge >= 0.3 is 5.97 Å². The van der Waals surface area contributed by atoms with Gasteiger partial charge in [-0.2, -0.15) is 17.4 Å². The monoisotopic (exact) mass is 314 g/mol. The van der Waals surface area contributed by atoms with Gasteiger partial charge < -0.3 is 5.11 Å². The maximum atomic E-state index is 12.1. The van der Waals surface area contributed by atoms with E-state index in [-0.39, 0.29) is 19.6 Å². The first-order valence-corrected chi connectivity index (χ1v) is 8.07. The van der Waals surface area contributed by atoms with E-state index in [2.05, 4.69) is 14.7 Å². The molecule has 116 valence electrons. The minimum atomic E-state index is -3.62. The molecule has 1 aliphatic rings. The number of aryl methyl sites for hydroxylation is 1. The molecule has 1 aromatic heterocycles. The number of rotatable bonds is 5. The van der Waals surface area contributed by atoms with Crippen molar-refractivity contribution in [3.8, 4) is 0 Å². The second kappa shape index (κ2) is 6.46. The Bertz CT molecular complexity index is 594. The summed E-state index contributed by atoms with van der Waals surface area (Å²) in [6, 6.07) is 0. The van der Waals surface area contributed by atoms with Crippen LogP contribution in [0.4, 0.5) is 0 Å². The zero-order valence-corrected chi connectivity index (χ0v) is 12.5. The smallest absolute Gasteiger partial charge is 0.306 e. The molecule has 2 rings (SSSR count). The highest BCUT2D eigenvalue weighted by Gasteiger charge is 2.30. The second-order valence-corrected chi connectivity index (χ2v) is 6.74. The van der Waals surface area contributed by atoms with Crippen LogP contribution in [0.15, 0.2) is 12.4 Å². The van der Waals surface area contributed by atoms with Gasteiger partial charge in [0.2, 0.25) is 0 Å². The maximum Gasteiger partial charge on any atom is 0.306 e. The van der Waals surface area contributed by atoms with E-state index >= 15 is 0 Å². The van der Waals surface area contributed by atoms with Crippen molar-refractivity contribution in [1.29, 1.82) is 0 Å². The van der Waals surface area contributed by atoms with Crippen molar-refractivity contribution < 1.29 is 18.3 Å². The Morgan fingerprint density at radius 3 is 2.57 bits per heavy atom. The predicted molar refractivity (Wildman–Crippen MR) is 74.5 cm³/mol. The molecule has 0 saturated carbocycles. The van der Waals surface area contributed by atoms with Crippen LogP contribution in [-0.2, 0) is 21.5 Å². The molecular weight excluding hydrogens is 296 g/mol. The Balaban J connectivity index is 1.90. The molecule has 0 atom stereocenters. The van der Waals surface area contributed by atoms with Crippen LogP contribution in [0.25, 0.3) is 0 Å². The number of aliphatic carboxylic acids is 1. The molecule has 0 unspecified atom stereocenters. The zero-order chi connectivity index (χ0) is 15.5. The van der Waals surface area contributed by atoms with Crippen molar-refractivity contribution in [2.75, 3.05) is 13.1 Å². The number of carboxylic acids is 1. The fraction of sp³-hybridized carbons (Fsp3) is 0.583. The summed E-state index contributed by atoms with van der Waals surface area (Å²) in [6.45, 7) is 2.29. The molecule has 0 aromatic carbocycles. The number of nitrogens with zero attached hydrogens (tertiary/aromatic N) is 3. The lowest BCUT2D eigenvalue weighted by Crippen LogP contribution is -2.45. The van der Waals surface area contributed by atoms with E-state index in [9.17, 15) is 13.2 Å². The van der Waals surface area contributed by atoms with Crippen LogP contribution >= 0.6 is 0 Å². The van der Waals surface area contributed by atoms with E-state index in [1.807, 2.05) is 0 Å². The molecule has 0 bridgehead atoms. The Morgan fingerprint density at radius 1 is 1.38 bits per heavy atom. The van der Waals surface area contributed by atoms with Gasteiger partial charge in [-0.25, -0.2) is 0 Å². The summed E-state index contributed by atoms with van der Waals surface area (Å²) in [6.07, 6.45) is 3.76. The van der Waals surface area contributed by atoms with Crippen LogP contribution in [0.5, 0.6) is 0 Å². The van der Waals surface area contributed by atoms with E-state index < -0.39 is 22.1 Å². The van der Waals surface area contributed by atoms with E-state index in [1.54, 1.807) is 13.1 Å². The third-order valence-electron chi connectivity index (χ3n) is 3.41. The van der Waals surface area contributed by atoms with Gasteiger partial charge in [-0.05, 0) is 19.8 Å². The highest BCUT2D eigenvalue weighted by atomic mass is 32.2. The van der Waals surface area contributed by atoms with Crippen molar-refractivity contribution in [2.24, 2.45) is 5.92 Å². The van der Waals surface area contributed by atoms with Crippen molar-refractivity contribution in [2.45, 2.75) is 26.3 Å². The standard InChI is InChI=1S/C12H18N4O4S/c1-9-6-14-11(7-13-9)8-15-21(19,20)16-4-2-10(3-5-16)12(17)18/h6-7,10,15H,2-5,8H2,1H3,(H,17,18). The molecule has 0 amide bonds. The van der Waals surface area contributed by atoms with Crippen LogP contribution < -0.4 is 4.72 Å². The van der Waals surface area contributed by atoms with E-state index in [4.69, 9.17) is 5.11 Å². The van der Waals surface area contributed by atoms with E-state index in [0.29, 0.717) is 18.5 Å². The molecule has 1 aliphatic heterocycles. The van der Waals surface area contributed by atoms with Gasteiger partial charge in [0.1, 0.15) is 0 Å². The Kier molecular flexibility index (Phi) is 4.86. The average Bonchev–Trinajstić information content (AvgIpc) is 2.47. The third-order valence-corrected chi connectivity index (χ3v) is 4.97. The van der Waals surface area contributed by atoms with Gasteiger partial charge in [0.15, 0.2) is 0 Å². The van der Waals surface area contributed by atoms with Crippen LogP contribution in [0.1, 0.15) is 24.2 Å². The molecule has 0 radical (unpaired) electrons. The number of piperidine rings is 1. The van der Waals surface area contributed by atoms with Gasteiger partial charge in [0, 0.05) is 19.3 Å². The Hall–Kier alpha value is -1.58. The van der Waals surface area contributed by atoms with E-state index in [0.717, 1.165) is 5.69 Å². The summed E-state index contributed by atoms with van der Waals surface area (Å²) >= 11 is 0. The first-order chi connectivity index (χ1) is 9.88. The largest absolute Gasteiger partial charge is 0.481 e. The predicted octanol–water partition coefficient (Wildman–Crippen LogP) is -0.0840. The molecule has 1 fully saturated rings. The maximum absolute atomic E-state index is 12.1. The van der Waals surface area contributed by atoms with Crippen LogP contribution in [0.2, 0.25) is 0 Å². The van der Waals surface area contributed by atoms with Crippen molar-refractivity contribution in [1.82, 2.24) is 19.0 Å². The normalized spacial score (nSPS) is 17.8. The summed E-state index contributed by atoms with van der Waals surface area (Å²) in [4.78, 5) is 19.0. The lowest BCUT2D eigenvalue weighted by atomic mass is 9.99. The molecule has 9 heteroatoms. The first-order valence-electron chi connectivity index (χ1n) is 6.63. The molecular formula is C12H18N4O4S. The van der Waals surface area contributed by atoms with Crippen molar-refractivity contribution >= 4 is 16.2 Å². The van der Waals surface area contributed by atoms with Gasteiger partial charge in [-0.3, -0.25) is 14.8 Å². The summed E-state index contributed by atoms with van der Waals surface area (Å²) in [5, 5.41) is 8.90. The minimum absolute atomic E-state index is 0.0640. The Labute approximate surface area is 123 Å². The molecule has 8 nitrogen and oxygen atoms in total. The van der Waals surface area contributed by atoms with Gasteiger partial charge in [0.05, 0.1) is 30.0 Å². The summed E-state index contributed by atoms with van der Waals surface area (Å²) in [5.41, 5.74) is 1.29. The molecule has 0 aliphatic carbocycles. The third kappa shape index (κ3) is 4.19. The number of nitrogens with one attached hydrogen (secondary N) is 1. The molecule has 2 heterocycles. The number of carboxylic acid groups (broad SMARTS) is 1.